The number of aliphatic hydroxyl groups is 1. The van der Waals surface area contributed by atoms with Gasteiger partial charge in [-0.05, 0) is 31.7 Å². The molecule has 1 heterocycles. The zero-order chi connectivity index (χ0) is 22.1. The summed E-state index contributed by atoms with van der Waals surface area (Å²) in [6.45, 7) is 2.71. The van der Waals surface area contributed by atoms with Crippen LogP contribution in [-0.2, 0) is 58.3 Å². The topological polar surface area (TPSA) is 84.2 Å². The number of thioether (sulfide) groups is 1. The molecule has 0 spiro atoms. The summed E-state index contributed by atoms with van der Waals surface area (Å²) in [5.41, 5.74) is 3.91. The zero-order valence-corrected chi connectivity index (χ0v) is 21.9. The molecule has 1 aromatic carbocycles. The van der Waals surface area contributed by atoms with Gasteiger partial charge in [-0.2, -0.15) is 4.98 Å². The molecule has 1 aliphatic carbocycles. The Bertz CT molecular complexity index is 999. The van der Waals surface area contributed by atoms with Crippen LogP contribution in [0.3, 0.4) is 0 Å². The molecule has 0 radical (unpaired) electrons. The second kappa shape index (κ2) is 13.1. The van der Waals surface area contributed by atoms with Gasteiger partial charge in [0.25, 0.3) is 0 Å². The quantitative estimate of drug-likeness (QED) is 0.167. The molecule has 0 atom stereocenters. The summed E-state index contributed by atoms with van der Waals surface area (Å²) in [6, 6.07) is 8.03. The Balaban J connectivity index is 0.000000735. The van der Waals surface area contributed by atoms with E-state index in [2.05, 4.69) is 32.7 Å². The van der Waals surface area contributed by atoms with E-state index in [4.69, 9.17) is 5.11 Å². The van der Waals surface area contributed by atoms with Crippen molar-refractivity contribution in [1.82, 2.24) is 14.9 Å². The maximum absolute atomic E-state index is 12.2. The number of rotatable bonds is 7. The van der Waals surface area contributed by atoms with Crippen molar-refractivity contribution in [2.75, 3.05) is 12.4 Å². The van der Waals surface area contributed by atoms with Gasteiger partial charge in [0, 0.05) is 17.8 Å². The third kappa shape index (κ3) is 8.15. The minimum Gasteiger partial charge on any atom is -0.395 e. The number of fused-ring (bicyclic) bond motifs is 1. The molecule has 0 unspecified atom stereocenters. The van der Waals surface area contributed by atoms with Gasteiger partial charge in [-0.25, -0.2) is 48.4 Å². The third-order valence-electron chi connectivity index (χ3n) is 4.47. The van der Waals surface area contributed by atoms with Gasteiger partial charge in [-0.15, -0.1) is 0 Å². The van der Waals surface area contributed by atoms with E-state index < -0.39 is 0 Å². The van der Waals surface area contributed by atoms with Gasteiger partial charge < -0.3 is 10.4 Å². The maximum Gasteiger partial charge on any atom is 0.348 e. The first-order valence-corrected chi connectivity index (χ1v) is 15.9. The molecule has 0 saturated carbocycles. The molecule has 0 fully saturated rings. The van der Waals surface area contributed by atoms with Gasteiger partial charge in [-0.3, -0.25) is 14.5 Å². The number of hydrogen-bond donors (Lipinski definition) is 2. The molecule has 0 saturated heterocycles. The van der Waals surface area contributed by atoms with Gasteiger partial charge in [0.2, 0.25) is 5.91 Å². The van der Waals surface area contributed by atoms with Crippen molar-refractivity contribution in [3.63, 3.8) is 0 Å². The van der Waals surface area contributed by atoms with Crippen molar-refractivity contribution in [1.29, 1.82) is 0 Å². The highest BCUT2D eigenvalue weighted by Gasteiger charge is 2.22. The highest BCUT2D eigenvalue weighted by Crippen LogP contribution is 2.29. The van der Waals surface area contributed by atoms with E-state index in [-0.39, 0.29) is 35.7 Å². The van der Waals surface area contributed by atoms with E-state index in [9.17, 15) is 9.59 Å². The molecule has 2 aromatic rings. The Hall–Kier alpha value is -0.600. The fourth-order valence-corrected chi connectivity index (χ4v) is 4.03. The van der Waals surface area contributed by atoms with Crippen molar-refractivity contribution < 1.29 is 9.90 Å². The number of aryl methyl sites for hydroxylation is 1. The molecular formula is C19H23IN3O3S4-. The van der Waals surface area contributed by atoms with Crippen LogP contribution in [0.2, 0.25) is 0 Å². The molecule has 164 valence electrons. The van der Waals surface area contributed by atoms with Crippen molar-refractivity contribution in [3.8, 4) is 0 Å². The largest absolute Gasteiger partial charge is 0.395 e. The van der Waals surface area contributed by atoms with Crippen LogP contribution < -0.4 is 11.0 Å². The summed E-state index contributed by atoms with van der Waals surface area (Å²) >= 11 is 12.2. The van der Waals surface area contributed by atoms with E-state index in [0.717, 1.165) is 36.1 Å². The summed E-state index contributed by atoms with van der Waals surface area (Å²) in [5.74, 6) is 0.151. The van der Waals surface area contributed by atoms with Gasteiger partial charge in [0.1, 0.15) is 5.03 Å². The minimum atomic E-state index is -0.345. The van der Waals surface area contributed by atoms with Crippen LogP contribution in [0.4, 0.5) is 0 Å². The van der Waals surface area contributed by atoms with Crippen molar-refractivity contribution in [3.05, 3.63) is 57.1 Å². The average Bonchev–Trinajstić information content (AvgIpc) is 3.18. The minimum absolute atomic E-state index is 0.0799. The molecule has 1 aliphatic rings. The van der Waals surface area contributed by atoms with Gasteiger partial charge in [-0.1, -0.05) is 41.6 Å². The van der Waals surface area contributed by atoms with Crippen LogP contribution in [0, 0.1) is 6.92 Å². The predicted octanol–water partition coefficient (Wildman–Crippen LogP) is 2.32. The summed E-state index contributed by atoms with van der Waals surface area (Å²) in [6.07, 6.45) is 2.65. The first-order chi connectivity index (χ1) is 14.3. The molecule has 11 heteroatoms. The monoisotopic (exact) mass is 596 g/mol. The first kappa shape index (κ1) is 25.7. The smallest absolute Gasteiger partial charge is 0.348 e. The Morgan fingerprint density at radius 1 is 1.33 bits per heavy atom. The maximum atomic E-state index is 12.2. The summed E-state index contributed by atoms with van der Waals surface area (Å²) < 4.78 is 1.56. The molecule has 30 heavy (non-hydrogen) atoms. The Morgan fingerprint density at radius 2 is 2.00 bits per heavy atom. The van der Waals surface area contributed by atoms with Gasteiger partial charge in [0.15, 0.2) is 0 Å². The standard InChI is InChI=1S/C19H23N3O3S.IS3/c1-13-5-7-14(8-6-13)11-20-17(24)12-26-18-15-3-2-4-16(15)22(9-10-23)19(25)21-18;1-4(2)3/h5-8,23H,2-4,9-12H2,1H3,(H,20,24);/q;-1. The number of halogens is 1. The summed E-state index contributed by atoms with van der Waals surface area (Å²) in [7, 11) is 0. The zero-order valence-electron chi connectivity index (χ0n) is 16.4. The van der Waals surface area contributed by atoms with E-state index in [0.29, 0.717) is 11.6 Å². The molecule has 2 N–H and O–H groups in total. The van der Waals surface area contributed by atoms with Crippen LogP contribution in [0.15, 0.2) is 34.1 Å². The molecule has 0 bridgehead atoms. The van der Waals surface area contributed by atoms with Crippen molar-refractivity contribution in [2.24, 2.45) is 0 Å². The fraction of sp³-hybridized carbons (Fsp3) is 0.421. The van der Waals surface area contributed by atoms with Crippen molar-refractivity contribution >= 4 is 66.4 Å². The third-order valence-corrected chi connectivity index (χ3v) is 5.49. The molecule has 1 amide bonds. The second-order valence-electron chi connectivity index (χ2n) is 6.60. The summed E-state index contributed by atoms with van der Waals surface area (Å²) in [4.78, 5) is 28.5. The number of hydrogen-bond acceptors (Lipinski definition) is 8. The van der Waals surface area contributed by atoms with Gasteiger partial charge >= 0.3 is 5.69 Å². The van der Waals surface area contributed by atoms with E-state index >= 15 is 0 Å². The number of aliphatic hydroxyl groups excluding tert-OH is 1. The Morgan fingerprint density at radius 3 is 2.63 bits per heavy atom. The van der Waals surface area contributed by atoms with Crippen LogP contribution in [0.5, 0.6) is 0 Å². The number of benzene rings is 1. The number of aromatic nitrogens is 2. The lowest BCUT2D eigenvalue weighted by atomic mass is 10.1. The summed E-state index contributed by atoms with van der Waals surface area (Å²) in [5, 5.41) is 12.5. The van der Waals surface area contributed by atoms with Crippen LogP contribution >= 0.6 is 33.0 Å². The fourth-order valence-electron chi connectivity index (χ4n) is 3.13. The number of nitrogens with one attached hydrogen (secondary N) is 1. The van der Waals surface area contributed by atoms with Crippen molar-refractivity contribution in [2.45, 2.75) is 44.3 Å². The Kier molecular flexibility index (Phi) is 11.2. The second-order valence-corrected chi connectivity index (χ2v) is 16.8. The number of amides is 1. The van der Waals surface area contributed by atoms with Crippen LogP contribution in [0.1, 0.15) is 28.8 Å². The average molecular weight is 597 g/mol. The normalized spacial score (nSPS) is 12.3. The number of carbonyl (C=O) groups excluding carboxylic acids is 1. The highest BCUT2D eigenvalue weighted by molar-refractivity contribution is 14.2. The number of nitrogens with zero attached hydrogens (tertiary/aromatic N) is 2. The predicted molar refractivity (Wildman–Crippen MR) is 137 cm³/mol. The number of carbonyl (C=O) groups is 1. The molecule has 0 aliphatic heterocycles. The van der Waals surface area contributed by atoms with Crippen LogP contribution in [0.25, 0.3) is 0 Å². The van der Waals surface area contributed by atoms with E-state index in [1.807, 2.05) is 52.4 Å². The van der Waals surface area contributed by atoms with E-state index in [1.165, 1.54) is 17.3 Å². The first-order valence-electron chi connectivity index (χ1n) is 9.25. The lowest BCUT2D eigenvalue weighted by Gasteiger charge is -2.13. The molecule has 3 rings (SSSR count). The van der Waals surface area contributed by atoms with E-state index in [1.54, 1.807) is 4.57 Å². The van der Waals surface area contributed by atoms with Gasteiger partial charge in [0.05, 0.1) is 18.9 Å². The lowest BCUT2D eigenvalue weighted by molar-refractivity contribution is -0.118. The lowest BCUT2D eigenvalue weighted by Crippen LogP contribution is -2.29. The SMILES string of the molecule is Cc1ccc(CNC(=O)CSc2nc(=O)n(CCO)c3c2CCC3)cc1.S=[S-](=S)I. The highest BCUT2D eigenvalue weighted by atomic mass is 127. The Labute approximate surface area is 203 Å². The molecule has 1 aromatic heterocycles. The molecular weight excluding hydrogens is 573 g/mol. The van der Waals surface area contributed by atoms with Crippen LogP contribution in [-0.4, -0.2) is 32.9 Å². The molecule has 6 nitrogen and oxygen atoms in total.